The molecule has 0 radical (unpaired) electrons. The summed E-state index contributed by atoms with van der Waals surface area (Å²) >= 11 is 0. The normalized spacial score (nSPS) is 10.4. The van der Waals surface area contributed by atoms with Gasteiger partial charge in [-0.05, 0) is 38.1 Å². The number of hydrogen-bond acceptors (Lipinski definition) is 4. The highest BCUT2D eigenvalue weighted by Gasteiger charge is 2.06. The van der Waals surface area contributed by atoms with Gasteiger partial charge in [0.25, 0.3) is 0 Å². The minimum Gasteiger partial charge on any atom is -0.489 e. The molecular formula is C14H16N2O2. The van der Waals surface area contributed by atoms with Crippen molar-refractivity contribution in [1.82, 2.24) is 4.98 Å². The van der Waals surface area contributed by atoms with E-state index in [9.17, 15) is 0 Å². The average molecular weight is 244 g/mol. The van der Waals surface area contributed by atoms with Gasteiger partial charge < -0.3 is 15.2 Å². The van der Waals surface area contributed by atoms with Crippen LogP contribution >= 0.6 is 0 Å². The molecule has 0 unspecified atom stereocenters. The van der Waals surface area contributed by atoms with Gasteiger partial charge in [0, 0.05) is 12.3 Å². The largest absolute Gasteiger partial charge is 0.489 e. The van der Waals surface area contributed by atoms with E-state index in [4.69, 9.17) is 15.2 Å². The number of benzene rings is 1. The molecule has 1 heterocycles. The van der Waals surface area contributed by atoms with Gasteiger partial charge in [-0.3, -0.25) is 4.98 Å². The summed E-state index contributed by atoms with van der Waals surface area (Å²) in [5.74, 6) is 1.98. The molecule has 1 aromatic heterocycles. The second-order valence-corrected chi connectivity index (χ2v) is 4.16. The number of nitrogens with zero attached hydrogens (tertiary/aromatic N) is 1. The van der Waals surface area contributed by atoms with Crippen LogP contribution in [-0.2, 0) is 0 Å². The van der Waals surface area contributed by atoms with Crippen molar-refractivity contribution in [3.63, 3.8) is 0 Å². The van der Waals surface area contributed by atoms with E-state index < -0.39 is 0 Å². The summed E-state index contributed by atoms with van der Waals surface area (Å²) in [7, 11) is 0. The van der Waals surface area contributed by atoms with Gasteiger partial charge in [-0.1, -0.05) is 0 Å². The van der Waals surface area contributed by atoms with Crippen LogP contribution in [0.1, 0.15) is 13.8 Å². The molecule has 2 N–H and O–H groups in total. The van der Waals surface area contributed by atoms with Gasteiger partial charge >= 0.3 is 0 Å². The summed E-state index contributed by atoms with van der Waals surface area (Å²) in [6, 6.07) is 9.01. The fourth-order valence-corrected chi connectivity index (χ4v) is 1.48. The Bertz CT molecular complexity index is 512. The van der Waals surface area contributed by atoms with Crippen molar-refractivity contribution >= 4 is 5.69 Å². The van der Waals surface area contributed by atoms with E-state index in [1.807, 2.05) is 26.0 Å². The zero-order valence-corrected chi connectivity index (χ0v) is 10.5. The quantitative estimate of drug-likeness (QED) is 0.839. The summed E-state index contributed by atoms with van der Waals surface area (Å²) in [5, 5.41) is 0. The Labute approximate surface area is 106 Å². The van der Waals surface area contributed by atoms with Crippen LogP contribution in [0.5, 0.6) is 17.2 Å². The second-order valence-electron chi connectivity index (χ2n) is 4.16. The van der Waals surface area contributed by atoms with Gasteiger partial charge in [0.05, 0.1) is 18.0 Å². The van der Waals surface area contributed by atoms with Crippen molar-refractivity contribution in [2.24, 2.45) is 0 Å². The lowest BCUT2D eigenvalue weighted by Crippen LogP contribution is -2.07. The molecule has 94 valence electrons. The highest BCUT2D eigenvalue weighted by molar-refractivity contribution is 5.56. The third kappa shape index (κ3) is 3.13. The number of ether oxygens (including phenoxy) is 2. The molecule has 18 heavy (non-hydrogen) atoms. The first-order valence-corrected chi connectivity index (χ1v) is 5.79. The third-order valence-corrected chi connectivity index (χ3v) is 2.22. The predicted octanol–water partition coefficient (Wildman–Crippen LogP) is 3.24. The molecular weight excluding hydrogens is 228 g/mol. The van der Waals surface area contributed by atoms with Gasteiger partial charge in [0.2, 0.25) is 0 Å². The van der Waals surface area contributed by atoms with Crippen molar-refractivity contribution < 1.29 is 9.47 Å². The molecule has 0 atom stereocenters. The Morgan fingerprint density at radius 3 is 2.67 bits per heavy atom. The summed E-state index contributed by atoms with van der Waals surface area (Å²) in [6.45, 7) is 3.90. The lowest BCUT2D eigenvalue weighted by atomic mass is 10.2. The fraction of sp³-hybridized carbons (Fsp3) is 0.214. The SMILES string of the molecule is CC(C)Oc1cc(Oc2cccnc2)ccc1N. The topological polar surface area (TPSA) is 57.4 Å². The van der Waals surface area contributed by atoms with Crippen LogP contribution in [-0.4, -0.2) is 11.1 Å². The molecule has 1 aromatic carbocycles. The Hall–Kier alpha value is -2.23. The van der Waals surface area contributed by atoms with E-state index in [2.05, 4.69) is 4.98 Å². The Morgan fingerprint density at radius 2 is 2.00 bits per heavy atom. The van der Waals surface area contributed by atoms with Gasteiger partial charge in [-0.25, -0.2) is 0 Å². The Balaban J connectivity index is 2.19. The molecule has 4 heteroatoms. The molecule has 0 aliphatic carbocycles. The number of nitrogen functional groups attached to an aromatic ring is 1. The van der Waals surface area contributed by atoms with Gasteiger partial charge in [0.1, 0.15) is 17.2 Å². The second kappa shape index (κ2) is 5.40. The van der Waals surface area contributed by atoms with Crippen molar-refractivity contribution in [3.05, 3.63) is 42.7 Å². The van der Waals surface area contributed by atoms with Crippen molar-refractivity contribution in [3.8, 4) is 17.2 Å². The first-order chi connectivity index (χ1) is 8.65. The molecule has 0 aliphatic rings. The number of pyridine rings is 1. The van der Waals surface area contributed by atoms with E-state index in [0.717, 1.165) is 0 Å². The number of nitrogens with two attached hydrogens (primary N) is 1. The fourth-order valence-electron chi connectivity index (χ4n) is 1.48. The molecule has 0 bridgehead atoms. The first-order valence-electron chi connectivity index (χ1n) is 5.79. The van der Waals surface area contributed by atoms with E-state index >= 15 is 0 Å². The molecule has 0 saturated heterocycles. The summed E-state index contributed by atoms with van der Waals surface area (Å²) in [4.78, 5) is 3.99. The predicted molar refractivity (Wildman–Crippen MR) is 70.9 cm³/mol. The van der Waals surface area contributed by atoms with Crippen molar-refractivity contribution in [1.29, 1.82) is 0 Å². The van der Waals surface area contributed by atoms with E-state index in [1.54, 1.807) is 30.6 Å². The van der Waals surface area contributed by atoms with Crippen molar-refractivity contribution in [2.45, 2.75) is 20.0 Å². The van der Waals surface area contributed by atoms with Gasteiger partial charge in [-0.2, -0.15) is 0 Å². The number of hydrogen-bond donors (Lipinski definition) is 1. The highest BCUT2D eigenvalue weighted by Crippen LogP contribution is 2.30. The highest BCUT2D eigenvalue weighted by atomic mass is 16.5. The lowest BCUT2D eigenvalue weighted by molar-refractivity contribution is 0.243. The molecule has 0 amide bonds. The summed E-state index contributed by atoms with van der Waals surface area (Å²) < 4.78 is 11.3. The zero-order chi connectivity index (χ0) is 13.0. The van der Waals surface area contributed by atoms with Crippen molar-refractivity contribution in [2.75, 3.05) is 5.73 Å². The number of anilines is 1. The third-order valence-electron chi connectivity index (χ3n) is 2.22. The summed E-state index contributed by atoms with van der Waals surface area (Å²) in [5.41, 5.74) is 6.44. The standard InChI is InChI=1S/C14H16N2O2/c1-10(2)17-14-8-11(5-6-13(14)15)18-12-4-3-7-16-9-12/h3-10H,15H2,1-2H3. The Morgan fingerprint density at radius 1 is 1.17 bits per heavy atom. The van der Waals surface area contributed by atoms with Crippen LogP contribution in [0.2, 0.25) is 0 Å². The maximum Gasteiger partial charge on any atom is 0.146 e. The lowest BCUT2D eigenvalue weighted by Gasteiger charge is -2.13. The Kier molecular flexibility index (Phi) is 3.67. The minimum atomic E-state index is 0.0703. The average Bonchev–Trinajstić information content (AvgIpc) is 2.34. The van der Waals surface area contributed by atoms with Crippen LogP contribution in [0.4, 0.5) is 5.69 Å². The van der Waals surface area contributed by atoms with Crippen LogP contribution < -0.4 is 15.2 Å². The number of rotatable bonds is 4. The van der Waals surface area contributed by atoms with Crippen LogP contribution in [0, 0.1) is 0 Å². The van der Waals surface area contributed by atoms with Gasteiger partial charge in [-0.15, -0.1) is 0 Å². The number of aromatic nitrogens is 1. The van der Waals surface area contributed by atoms with E-state index in [0.29, 0.717) is 22.9 Å². The van der Waals surface area contributed by atoms with Crippen LogP contribution in [0.15, 0.2) is 42.7 Å². The molecule has 4 nitrogen and oxygen atoms in total. The zero-order valence-electron chi connectivity index (χ0n) is 10.5. The van der Waals surface area contributed by atoms with E-state index in [1.165, 1.54) is 0 Å². The first kappa shape index (κ1) is 12.2. The van der Waals surface area contributed by atoms with Gasteiger partial charge in [0.15, 0.2) is 0 Å². The maximum absolute atomic E-state index is 5.84. The maximum atomic E-state index is 5.84. The van der Waals surface area contributed by atoms with Crippen LogP contribution in [0.25, 0.3) is 0 Å². The monoisotopic (exact) mass is 244 g/mol. The molecule has 0 aliphatic heterocycles. The summed E-state index contributed by atoms with van der Waals surface area (Å²) in [6.07, 6.45) is 3.42. The molecule has 0 spiro atoms. The molecule has 0 fully saturated rings. The molecule has 0 saturated carbocycles. The minimum absolute atomic E-state index is 0.0703. The molecule has 2 aromatic rings. The van der Waals surface area contributed by atoms with E-state index in [-0.39, 0.29) is 6.10 Å². The van der Waals surface area contributed by atoms with Crippen LogP contribution in [0.3, 0.4) is 0 Å². The smallest absolute Gasteiger partial charge is 0.146 e. The molecule has 2 rings (SSSR count).